The fourth-order valence-electron chi connectivity index (χ4n) is 4.39. The summed E-state index contributed by atoms with van der Waals surface area (Å²) >= 11 is 0. The van der Waals surface area contributed by atoms with Crippen LogP contribution in [0.15, 0.2) is 45.9 Å². The number of aromatic nitrogens is 2. The zero-order valence-corrected chi connectivity index (χ0v) is 22.8. The van der Waals surface area contributed by atoms with Crippen molar-refractivity contribution in [2.45, 2.75) is 71.4 Å². The van der Waals surface area contributed by atoms with E-state index in [1.807, 2.05) is 36.4 Å². The Morgan fingerprint density at radius 3 is 2.69 bits per heavy atom. The maximum absolute atomic E-state index is 12.3. The number of ether oxygens (including phenoxy) is 2. The van der Waals surface area contributed by atoms with Crippen LogP contribution in [0.2, 0.25) is 0 Å². The summed E-state index contributed by atoms with van der Waals surface area (Å²) in [7, 11) is 0. The van der Waals surface area contributed by atoms with Gasteiger partial charge in [-0.25, -0.2) is 9.59 Å². The first-order valence-electron chi connectivity index (χ1n) is 13.2. The smallest absolute Gasteiger partial charge is 0.437 e. The summed E-state index contributed by atoms with van der Waals surface area (Å²) in [5.74, 6) is 1.42. The highest BCUT2D eigenvalue weighted by Gasteiger charge is 2.34. The molecule has 0 radical (unpaired) electrons. The number of carbonyl (C=O) groups excluding carboxylic acids is 1. The highest BCUT2D eigenvalue weighted by molar-refractivity contribution is 5.98. The first-order valence-corrected chi connectivity index (χ1v) is 13.2. The number of carboxylic acid groups (broad SMARTS) is 1. The van der Waals surface area contributed by atoms with E-state index in [0.29, 0.717) is 31.3 Å². The monoisotopic (exact) mass is 537 g/mol. The Labute approximate surface area is 227 Å². The Morgan fingerprint density at radius 1 is 1.18 bits per heavy atom. The molecule has 2 N–H and O–H groups in total. The Morgan fingerprint density at radius 2 is 1.95 bits per heavy atom. The molecule has 208 valence electrons. The zero-order valence-electron chi connectivity index (χ0n) is 22.8. The van der Waals surface area contributed by atoms with E-state index in [1.165, 1.54) is 0 Å². The quantitative estimate of drug-likeness (QED) is 0.206. The topological polar surface area (TPSA) is 139 Å². The summed E-state index contributed by atoms with van der Waals surface area (Å²) in [6.45, 7) is 8.43. The molecule has 1 aliphatic heterocycles. The van der Waals surface area contributed by atoms with E-state index in [0.717, 1.165) is 47.8 Å². The zero-order chi connectivity index (χ0) is 28.0. The minimum absolute atomic E-state index is 0.141. The Kier molecular flexibility index (Phi) is 8.68. The largest absolute Gasteiger partial charge is 0.494 e. The molecule has 2 aromatic carbocycles. The average Bonchev–Trinajstić information content (AvgIpc) is 3.54. The number of amides is 2. The molecular weight excluding hydrogens is 502 g/mol. The van der Waals surface area contributed by atoms with Gasteiger partial charge in [0.25, 0.3) is 0 Å². The maximum atomic E-state index is 12.3. The third-order valence-electron chi connectivity index (χ3n) is 6.15. The van der Waals surface area contributed by atoms with E-state index in [9.17, 15) is 14.7 Å². The molecule has 1 aromatic heterocycles. The molecule has 1 atom stereocenters. The van der Waals surface area contributed by atoms with Crippen LogP contribution in [0.4, 0.5) is 9.59 Å². The standard InChI is InChI=1S/C28H35N5O6/c1-5-6-7-15-37-21-13-12-18-16-20(11-10-19(18)17-21)23-29-24(39-32-23)22-9-8-14-33(22)25(30-26(34)35)31-27(36)38-28(2,3)4/h10-13,16-17,22H,5-9,14-15H2,1-4H3,(H,34,35)(H,30,31,36). The van der Waals surface area contributed by atoms with Gasteiger partial charge in [0, 0.05) is 12.1 Å². The predicted octanol–water partition coefficient (Wildman–Crippen LogP) is 6.15. The number of carbonyl (C=O) groups is 2. The lowest BCUT2D eigenvalue weighted by Crippen LogP contribution is -2.44. The van der Waals surface area contributed by atoms with Crippen LogP contribution in [0.3, 0.4) is 0 Å². The third kappa shape index (κ3) is 7.46. The number of hydrogen-bond donors (Lipinski definition) is 2. The summed E-state index contributed by atoms with van der Waals surface area (Å²) in [6.07, 6.45) is 2.43. The molecule has 2 heterocycles. The second-order valence-corrected chi connectivity index (χ2v) is 10.4. The van der Waals surface area contributed by atoms with Crippen LogP contribution in [0, 0.1) is 0 Å². The Bertz CT molecular complexity index is 1350. The van der Waals surface area contributed by atoms with Crippen molar-refractivity contribution < 1.29 is 28.7 Å². The lowest BCUT2D eigenvalue weighted by molar-refractivity contribution is 0.0600. The number of benzene rings is 2. The summed E-state index contributed by atoms with van der Waals surface area (Å²) in [6, 6.07) is 11.4. The van der Waals surface area contributed by atoms with E-state index in [1.54, 1.807) is 25.7 Å². The first kappa shape index (κ1) is 27.9. The van der Waals surface area contributed by atoms with Crippen molar-refractivity contribution >= 4 is 28.9 Å². The molecule has 0 bridgehead atoms. The van der Waals surface area contributed by atoms with Gasteiger partial charge in [-0.05, 0) is 69.0 Å². The SMILES string of the molecule is CCCCCOc1ccc2cc(-c3noc(C4CCCN4C(=NC(=O)OC(C)(C)C)NC(=O)O)n3)ccc2c1. The van der Waals surface area contributed by atoms with Gasteiger partial charge in [0.2, 0.25) is 17.7 Å². The summed E-state index contributed by atoms with van der Waals surface area (Å²) in [5.41, 5.74) is 0.00837. The second-order valence-electron chi connectivity index (χ2n) is 10.4. The van der Waals surface area contributed by atoms with Crippen LogP contribution in [0.25, 0.3) is 22.2 Å². The second kappa shape index (κ2) is 12.1. The van der Waals surface area contributed by atoms with Crippen LogP contribution in [0.1, 0.15) is 71.7 Å². The molecule has 39 heavy (non-hydrogen) atoms. The van der Waals surface area contributed by atoms with Gasteiger partial charge >= 0.3 is 12.2 Å². The highest BCUT2D eigenvalue weighted by atomic mass is 16.6. The molecule has 1 saturated heterocycles. The van der Waals surface area contributed by atoms with Crippen molar-refractivity contribution in [3.63, 3.8) is 0 Å². The lowest BCUT2D eigenvalue weighted by atomic mass is 10.1. The van der Waals surface area contributed by atoms with Crippen molar-refractivity contribution in [3.8, 4) is 17.1 Å². The summed E-state index contributed by atoms with van der Waals surface area (Å²) in [4.78, 5) is 33.9. The van der Waals surface area contributed by atoms with Crippen LogP contribution in [-0.4, -0.2) is 57.0 Å². The van der Waals surface area contributed by atoms with Gasteiger partial charge < -0.3 is 24.0 Å². The number of rotatable bonds is 7. The number of guanidine groups is 1. The average molecular weight is 538 g/mol. The molecule has 0 saturated carbocycles. The molecule has 1 fully saturated rings. The Balaban J connectivity index is 1.52. The molecular formula is C28H35N5O6. The van der Waals surface area contributed by atoms with E-state index in [-0.39, 0.29) is 5.96 Å². The summed E-state index contributed by atoms with van der Waals surface area (Å²) in [5, 5.41) is 17.8. The van der Waals surface area contributed by atoms with E-state index in [4.69, 9.17) is 14.0 Å². The maximum Gasteiger partial charge on any atom is 0.437 e. The molecule has 2 amide bonds. The molecule has 0 spiro atoms. The highest BCUT2D eigenvalue weighted by Crippen LogP contribution is 2.33. The van der Waals surface area contributed by atoms with Crippen LogP contribution in [0.5, 0.6) is 5.75 Å². The molecule has 11 heteroatoms. The third-order valence-corrected chi connectivity index (χ3v) is 6.15. The number of hydrogen-bond acceptors (Lipinski definition) is 7. The predicted molar refractivity (Wildman–Crippen MR) is 146 cm³/mol. The van der Waals surface area contributed by atoms with Crippen molar-refractivity contribution in [1.29, 1.82) is 0 Å². The molecule has 1 aliphatic rings. The van der Waals surface area contributed by atoms with Crippen molar-refractivity contribution in [2.75, 3.05) is 13.2 Å². The number of fused-ring (bicyclic) bond motifs is 1. The fraction of sp³-hybridized carbons (Fsp3) is 0.464. The molecule has 4 rings (SSSR count). The van der Waals surface area contributed by atoms with Gasteiger partial charge in [-0.15, -0.1) is 4.99 Å². The van der Waals surface area contributed by atoms with Crippen molar-refractivity contribution in [1.82, 2.24) is 20.4 Å². The van der Waals surface area contributed by atoms with Crippen LogP contribution >= 0.6 is 0 Å². The number of likely N-dealkylation sites (tertiary alicyclic amines) is 1. The molecule has 11 nitrogen and oxygen atoms in total. The van der Waals surface area contributed by atoms with Crippen LogP contribution in [-0.2, 0) is 4.74 Å². The van der Waals surface area contributed by atoms with Gasteiger partial charge in [0.1, 0.15) is 17.4 Å². The van der Waals surface area contributed by atoms with E-state index in [2.05, 4.69) is 27.4 Å². The van der Waals surface area contributed by atoms with Crippen molar-refractivity contribution in [3.05, 3.63) is 42.3 Å². The number of aliphatic imine (C=N–C) groups is 1. The van der Waals surface area contributed by atoms with Crippen molar-refractivity contribution in [2.24, 2.45) is 4.99 Å². The Hall–Kier alpha value is -4.15. The number of unbranched alkanes of at least 4 members (excludes halogenated alkanes) is 2. The van der Waals surface area contributed by atoms with E-state index >= 15 is 0 Å². The van der Waals surface area contributed by atoms with Gasteiger partial charge in [-0.1, -0.05) is 43.1 Å². The number of nitrogens with one attached hydrogen (secondary N) is 1. The van der Waals surface area contributed by atoms with Crippen LogP contribution < -0.4 is 10.1 Å². The van der Waals surface area contributed by atoms with Gasteiger partial charge in [-0.3, -0.25) is 5.32 Å². The van der Waals surface area contributed by atoms with Gasteiger partial charge in [0.15, 0.2) is 0 Å². The van der Waals surface area contributed by atoms with Gasteiger partial charge in [-0.2, -0.15) is 4.98 Å². The molecule has 0 aliphatic carbocycles. The summed E-state index contributed by atoms with van der Waals surface area (Å²) < 4.78 is 16.7. The van der Waals surface area contributed by atoms with Gasteiger partial charge in [0.05, 0.1) is 6.61 Å². The fourth-order valence-corrected chi connectivity index (χ4v) is 4.39. The molecule has 1 unspecified atom stereocenters. The first-order chi connectivity index (χ1) is 18.6. The van der Waals surface area contributed by atoms with E-state index < -0.39 is 23.8 Å². The normalized spacial score (nSPS) is 15.9. The number of nitrogens with zero attached hydrogens (tertiary/aromatic N) is 4. The minimum atomic E-state index is -1.35. The lowest BCUT2D eigenvalue weighted by Gasteiger charge is -2.25. The minimum Gasteiger partial charge on any atom is -0.494 e. The molecule has 3 aromatic rings.